The maximum Gasteiger partial charge on any atom is 0.232 e. The second-order valence-corrected chi connectivity index (χ2v) is 8.63. The zero-order chi connectivity index (χ0) is 15.9. The van der Waals surface area contributed by atoms with Gasteiger partial charge in [0, 0.05) is 17.3 Å². The summed E-state index contributed by atoms with van der Waals surface area (Å²) >= 11 is 5.50. The van der Waals surface area contributed by atoms with E-state index in [2.05, 4.69) is 9.44 Å². The maximum absolute atomic E-state index is 11.8. The van der Waals surface area contributed by atoms with E-state index in [0.29, 0.717) is 30.1 Å². The van der Waals surface area contributed by atoms with Crippen LogP contribution in [0.3, 0.4) is 0 Å². The van der Waals surface area contributed by atoms with E-state index in [4.69, 9.17) is 11.6 Å². The zero-order valence-electron chi connectivity index (χ0n) is 11.7. The van der Waals surface area contributed by atoms with Crippen LogP contribution in [0.5, 0.6) is 0 Å². The monoisotopic (exact) mass is 354 g/mol. The van der Waals surface area contributed by atoms with Gasteiger partial charge in [0.2, 0.25) is 20.0 Å². The summed E-state index contributed by atoms with van der Waals surface area (Å²) in [6.45, 7) is 1.53. The summed E-state index contributed by atoms with van der Waals surface area (Å²) in [5.41, 5.74) is 0.780. The Bertz CT molecular complexity index is 642. The Balaban J connectivity index is 2.66. The number of hydrogen-bond acceptors (Lipinski definition) is 4. The van der Waals surface area contributed by atoms with Crippen molar-refractivity contribution < 1.29 is 16.8 Å². The summed E-state index contributed by atoms with van der Waals surface area (Å²) in [6, 6.07) is 6.02. The molecule has 0 saturated carbocycles. The van der Waals surface area contributed by atoms with Crippen molar-refractivity contribution in [3.05, 3.63) is 24.3 Å². The molecule has 0 atom stereocenters. The third-order valence-electron chi connectivity index (χ3n) is 2.61. The molecule has 2 N–H and O–H groups in total. The quantitative estimate of drug-likeness (QED) is 0.525. The Hall–Kier alpha value is -0.990. The van der Waals surface area contributed by atoms with Crippen LogP contribution in [0.25, 0.3) is 0 Å². The first-order valence-corrected chi connectivity index (χ1v) is 10.3. The minimum absolute atomic E-state index is 0.00390. The van der Waals surface area contributed by atoms with Crippen molar-refractivity contribution in [2.45, 2.75) is 19.8 Å². The van der Waals surface area contributed by atoms with Gasteiger partial charge in [0.15, 0.2) is 0 Å². The van der Waals surface area contributed by atoms with E-state index in [1.807, 2.05) is 0 Å². The van der Waals surface area contributed by atoms with E-state index in [1.165, 1.54) is 31.2 Å². The summed E-state index contributed by atoms with van der Waals surface area (Å²) < 4.78 is 51.1. The fourth-order valence-corrected chi connectivity index (χ4v) is 3.49. The van der Waals surface area contributed by atoms with Gasteiger partial charge in [0.25, 0.3) is 0 Å². The van der Waals surface area contributed by atoms with Crippen LogP contribution in [0.1, 0.15) is 19.8 Å². The number of hydrogen-bond donors (Lipinski definition) is 2. The minimum Gasteiger partial charge on any atom is -0.284 e. The molecule has 0 amide bonds. The van der Waals surface area contributed by atoms with Gasteiger partial charge in [-0.1, -0.05) is 0 Å². The van der Waals surface area contributed by atoms with Crippen LogP contribution < -0.4 is 9.44 Å². The standard InChI is InChI=1S/C12H19ClN2O4S2/c1-2-20(16,17)14-11-5-7-12(8-6-11)15-21(18,19)10-4-3-9-13/h5-8,14-15H,2-4,9-10H2,1H3. The molecule has 0 aromatic heterocycles. The van der Waals surface area contributed by atoms with Crippen molar-refractivity contribution in [1.29, 1.82) is 0 Å². The Morgan fingerprint density at radius 2 is 1.38 bits per heavy atom. The van der Waals surface area contributed by atoms with Crippen LogP contribution in [-0.4, -0.2) is 34.2 Å². The summed E-state index contributed by atoms with van der Waals surface area (Å²) in [5.74, 6) is 0.410. The average molecular weight is 355 g/mol. The van der Waals surface area contributed by atoms with Gasteiger partial charge in [0.1, 0.15) is 0 Å². The highest BCUT2D eigenvalue weighted by Crippen LogP contribution is 2.16. The fraction of sp³-hybridized carbons (Fsp3) is 0.500. The van der Waals surface area contributed by atoms with Crippen molar-refractivity contribution >= 4 is 43.0 Å². The van der Waals surface area contributed by atoms with Crippen LogP contribution in [0.4, 0.5) is 11.4 Å². The smallest absolute Gasteiger partial charge is 0.232 e. The van der Waals surface area contributed by atoms with Gasteiger partial charge in [-0.2, -0.15) is 0 Å². The van der Waals surface area contributed by atoms with E-state index in [-0.39, 0.29) is 11.5 Å². The molecular weight excluding hydrogens is 336 g/mol. The van der Waals surface area contributed by atoms with E-state index in [0.717, 1.165) is 0 Å². The van der Waals surface area contributed by atoms with Crippen LogP contribution in [0.15, 0.2) is 24.3 Å². The highest BCUT2D eigenvalue weighted by atomic mass is 35.5. The van der Waals surface area contributed by atoms with Crippen molar-refractivity contribution in [3.8, 4) is 0 Å². The zero-order valence-corrected chi connectivity index (χ0v) is 14.1. The van der Waals surface area contributed by atoms with Gasteiger partial charge >= 0.3 is 0 Å². The largest absolute Gasteiger partial charge is 0.284 e. The second-order valence-electron chi connectivity index (χ2n) is 4.40. The fourth-order valence-electron chi connectivity index (χ4n) is 1.48. The predicted octanol–water partition coefficient (Wildman–Crippen LogP) is 2.21. The third-order valence-corrected chi connectivity index (χ3v) is 5.56. The molecule has 0 radical (unpaired) electrons. The van der Waals surface area contributed by atoms with Gasteiger partial charge in [-0.15, -0.1) is 11.6 Å². The topological polar surface area (TPSA) is 92.3 Å². The molecule has 0 unspecified atom stereocenters. The first-order chi connectivity index (χ1) is 9.78. The summed E-state index contributed by atoms with van der Waals surface area (Å²) in [5, 5.41) is 0. The first kappa shape index (κ1) is 18.1. The number of benzene rings is 1. The van der Waals surface area contributed by atoms with Crippen LogP contribution in [0, 0.1) is 0 Å². The molecule has 1 aromatic carbocycles. The summed E-state index contributed by atoms with van der Waals surface area (Å²) in [4.78, 5) is 0. The number of anilines is 2. The van der Waals surface area contributed by atoms with E-state index >= 15 is 0 Å². The molecule has 6 nitrogen and oxygen atoms in total. The Morgan fingerprint density at radius 3 is 1.81 bits per heavy atom. The number of unbranched alkanes of at least 4 members (excludes halogenated alkanes) is 1. The molecule has 9 heteroatoms. The molecule has 21 heavy (non-hydrogen) atoms. The molecule has 0 aliphatic rings. The highest BCUT2D eigenvalue weighted by molar-refractivity contribution is 7.92. The minimum atomic E-state index is -3.41. The maximum atomic E-state index is 11.8. The average Bonchev–Trinajstić information content (AvgIpc) is 2.40. The molecule has 0 heterocycles. The second kappa shape index (κ2) is 7.86. The van der Waals surface area contributed by atoms with Crippen LogP contribution in [0.2, 0.25) is 0 Å². The van der Waals surface area contributed by atoms with Crippen LogP contribution in [-0.2, 0) is 20.0 Å². The third kappa shape index (κ3) is 7.01. The lowest BCUT2D eigenvalue weighted by Crippen LogP contribution is -2.17. The van der Waals surface area contributed by atoms with Gasteiger partial charge in [-0.05, 0) is 44.0 Å². The van der Waals surface area contributed by atoms with Gasteiger partial charge < -0.3 is 0 Å². The molecule has 120 valence electrons. The Labute approximate surface area is 131 Å². The van der Waals surface area contributed by atoms with Gasteiger partial charge in [-0.25, -0.2) is 16.8 Å². The molecule has 0 aliphatic carbocycles. The van der Waals surface area contributed by atoms with E-state index in [9.17, 15) is 16.8 Å². The molecule has 0 saturated heterocycles. The van der Waals surface area contributed by atoms with E-state index in [1.54, 1.807) is 0 Å². The van der Waals surface area contributed by atoms with E-state index < -0.39 is 20.0 Å². The SMILES string of the molecule is CCS(=O)(=O)Nc1ccc(NS(=O)(=O)CCCCCl)cc1. The Morgan fingerprint density at radius 1 is 0.905 bits per heavy atom. The van der Waals surface area contributed by atoms with Crippen molar-refractivity contribution in [2.24, 2.45) is 0 Å². The molecule has 0 bridgehead atoms. The summed E-state index contributed by atoms with van der Waals surface area (Å²) in [6.07, 6.45) is 1.13. The van der Waals surface area contributed by atoms with Crippen molar-refractivity contribution in [1.82, 2.24) is 0 Å². The van der Waals surface area contributed by atoms with Gasteiger partial charge in [0.05, 0.1) is 11.5 Å². The molecule has 1 aromatic rings. The molecule has 0 fully saturated rings. The first-order valence-electron chi connectivity index (χ1n) is 6.45. The Kier molecular flexibility index (Phi) is 6.76. The normalized spacial score (nSPS) is 12.1. The number of nitrogens with one attached hydrogen (secondary N) is 2. The number of sulfonamides is 2. The predicted molar refractivity (Wildman–Crippen MR) is 86.9 cm³/mol. The lowest BCUT2D eigenvalue weighted by Gasteiger charge is -2.09. The highest BCUT2D eigenvalue weighted by Gasteiger charge is 2.10. The van der Waals surface area contributed by atoms with Crippen molar-refractivity contribution in [2.75, 3.05) is 26.8 Å². The molecular formula is C12H19ClN2O4S2. The number of halogens is 1. The lowest BCUT2D eigenvalue weighted by atomic mass is 10.3. The molecule has 0 aliphatic heterocycles. The lowest BCUT2D eigenvalue weighted by molar-refractivity contribution is 0.597. The number of alkyl halides is 1. The molecule has 0 spiro atoms. The van der Waals surface area contributed by atoms with Gasteiger partial charge in [-0.3, -0.25) is 9.44 Å². The number of rotatable bonds is 9. The van der Waals surface area contributed by atoms with Crippen LogP contribution >= 0.6 is 11.6 Å². The van der Waals surface area contributed by atoms with Crippen molar-refractivity contribution in [3.63, 3.8) is 0 Å². The molecule has 1 rings (SSSR count). The summed E-state index contributed by atoms with van der Waals surface area (Å²) in [7, 11) is -6.74.